The van der Waals surface area contributed by atoms with Gasteiger partial charge in [0.25, 0.3) is 0 Å². The minimum Gasteiger partial charge on any atom is -0.472 e. The molecule has 5 aromatic rings. The lowest BCUT2D eigenvalue weighted by atomic mass is 9.79. The van der Waals surface area contributed by atoms with E-state index in [1.54, 1.807) is 18.2 Å². The zero-order valence-corrected chi connectivity index (χ0v) is 30.1. The van der Waals surface area contributed by atoms with E-state index < -0.39 is 17.5 Å². The van der Waals surface area contributed by atoms with E-state index in [2.05, 4.69) is 34.0 Å². The first-order valence-electron chi connectivity index (χ1n) is 19.0. The monoisotopic (exact) mass is 720 g/mol. The van der Waals surface area contributed by atoms with Gasteiger partial charge in [-0.05, 0) is 111 Å². The van der Waals surface area contributed by atoms with Crippen molar-refractivity contribution in [1.82, 2.24) is 24.7 Å². The second-order valence-corrected chi connectivity index (χ2v) is 15.5. The molecule has 1 N–H and O–H groups in total. The molecule has 10 rings (SSSR count). The number of halogens is 3. The van der Waals surface area contributed by atoms with Gasteiger partial charge < -0.3 is 19.5 Å². The van der Waals surface area contributed by atoms with Gasteiger partial charge in [0.2, 0.25) is 11.8 Å². The number of aromatic nitrogens is 2. The zero-order chi connectivity index (χ0) is 36.5. The molecular formula is C42H43F3N6O2. The predicted octanol–water partition coefficient (Wildman–Crippen LogP) is 7.44. The number of carbonyl (C=O) groups excluding carboxylic acids is 1. The average Bonchev–Trinajstić information content (AvgIpc) is 3.92. The molecule has 0 radical (unpaired) electrons. The van der Waals surface area contributed by atoms with Crippen LogP contribution in [0.1, 0.15) is 62.7 Å². The van der Waals surface area contributed by atoms with E-state index in [-0.39, 0.29) is 54.1 Å². The smallest absolute Gasteiger partial charge is 0.223 e. The van der Waals surface area contributed by atoms with Crippen LogP contribution in [0.2, 0.25) is 0 Å². The third kappa shape index (κ3) is 5.64. The van der Waals surface area contributed by atoms with E-state index in [9.17, 15) is 18.8 Å². The van der Waals surface area contributed by atoms with Crippen LogP contribution in [0.4, 0.5) is 13.2 Å². The highest BCUT2D eigenvalue weighted by Gasteiger charge is 2.49. The Kier molecular flexibility index (Phi) is 8.58. The number of fused-ring (bicyclic) bond motifs is 5. The van der Waals surface area contributed by atoms with Crippen LogP contribution in [0.3, 0.4) is 0 Å². The minimum atomic E-state index is -1.02. The summed E-state index contributed by atoms with van der Waals surface area (Å²) in [4.78, 5) is 22.4. The van der Waals surface area contributed by atoms with Crippen LogP contribution in [0.25, 0.3) is 43.7 Å². The van der Waals surface area contributed by atoms with Crippen molar-refractivity contribution < 1.29 is 22.7 Å². The van der Waals surface area contributed by atoms with Crippen molar-refractivity contribution in [1.29, 1.82) is 5.26 Å². The van der Waals surface area contributed by atoms with E-state index in [4.69, 9.17) is 9.72 Å². The van der Waals surface area contributed by atoms with Crippen molar-refractivity contribution in [2.24, 2.45) is 5.92 Å². The van der Waals surface area contributed by atoms with Gasteiger partial charge in [0.1, 0.15) is 11.6 Å². The van der Waals surface area contributed by atoms with Crippen molar-refractivity contribution in [3.8, 4) is 23.1 Å². The number of nitrogens with zero attached hydrogens (tertiary/aromatic N) is 5. The van der Waals surface area contributed by atoms with Gasteiger partial charge in [-0.15, -0.1) is 0 Å². The molecular weight excluding hydrogens is 677 g/mol. The number of hydrogen-bond donors (Lipinski definition) is 1. The number of carbonyl (C=O) groups is 1. The van der Waals surface area contributed by atoms with Crippen LogP contribution in [0, 0.1) is 34.7 Å². The molecule has 0 unspecified atom stereocenters. The molecule has 53 heavy (non-hydrogen) atoms. The molecule has 5 atom stereocenters. The molecule has 5 fully saturated rings. The van der Waals surface area contributed by atoms with Gasteiger partial charge >= 0.3 is 0 Å². The summed E-state index contributed by atoms with van der Waals surface area (Å²) in [6.45, 7) is 5.50. The fraction of sp³-hybridized carbons (Fsp3) is 0.452. The third-order valence-electron chi connectivity index (χ3n) is 12.4. The summed E-state index contributed by atoms with van der Waals surface area (Å²) >= 11 is 0. The molecule has 0 spiro atoms. The van der Waals surface area contributed by atoms with Gasteiger partial charge in [0, 0.05) is 61.2 Å². The average molecular weight is 721 g/mol. The number of likely N-dealkylation sites (N-methyl/N-ethyl adjacent to an activating group) is 1. The highest BCUT2D eigenvalue weighted by molar-refractivity contribution is 6.10. The van der Waals surface area contributed by atoms with Crippen LogP contribution in [0.5, 0.6) is 5.88 Å². The summed E-state index contributed by atoms with van der Waals surface area (Å²) in [5, 5.41) is 15.5. The molecule has 11 heteroatoms. The SMILES string of the molecule is C[C@H](Oc1nc2c(F)c(-c3cccc4cc(F)c(F)cc34)c(CCC#N)cc2c2c1cc(CCC(=O)N1CCC1)n2[C@H]1[C@H]2CN[C@@H]1C2)[C@@H]1CCCN1C. The Hall–Kier alpha value is -4.66. The number of amides is 1. The van der Waals surface area contributed by atoms with Crippen LogP contribution < -0.4 is 10.1 Å². The largest absolute Gasteiger partial charge is 0.472 e. The fourth-order valence-corrected chi connectivity index (χ4v) is 9.53. The Morgan fingerprint density at radius 1 is 1.06 bits per heavy atom. The van der Waals surface area contributed by atoms with Gasteiger partial charge in [-0.2, -0.15) is 5.26 Å². The molecule has 1 aliphatic carbocycles. The lowest BCUT2D eigenvalue weighted by Gasteiger charge is -2.38. The molecule has 2 aromatic heterocycles. The van der Waals surface area contributed by atoms with E-state index in [1.807, 2.05) is 17.9 Å². The molecule has 8 nitrogen and oxygen atoms in total. The summed E-state index contributed by atoms with van der Waals surface area (Å²) in [6, 6.07) is 14.1. The van der Waals surface area contributed by atoms with Gasteiger partial charge in [0.15, 0.2) is 17.5 Å². The Labute approximate surface area is 306 Å². The summed E-state index contributed by atoms with van der Waals surface area (Å²) in [7, 11) is 2.09. The fourth-order valence-electron chi connectivity index (χ4n) is 9.53. The highest BCUT2D eigenvalue weighted by Crippen LogP contribution is 2.49. The summed E-state index contributed by atoms with van der Waals surface area (Å²) in [5.41, 5.74) is 3.15. The maximum Gasteiger partial charge on any atom is 0.223 e. The number of pyridine rings is 1. The molecule has 3 aromatic carbocycles. The topological polar surface area (TPSA) is 86.4 Å². The number of benzene rings is 3. The summed E-state index contributed by atoms with van der Waals surface area (Å²) in [5.74, 6) is -1.72. The van der Waals surface area contributed by atoms with Crippen molar-refractivity contribution in [3.63, 3.8) is 0 Å². The molecule has 4 aliphatic heterocycles. The van der Waals surface area contributed by atoms with Crippen LogP contribution in [-0.2, 0) is 17.6 Å². The number of nitrogens with one attached hydrogen (secondary N) is 1. The zero-order valence-electron chi connectivity index (χ0n) is 30.1. The van der Waals surface area contributed by atoms with E-state index in [0.717, 1.165) is 80.6 Å². The summed E-state index contributed by atoms with van der Waals surface area (Å²) < 4.78 is 55.9. The first kappa shape index (κ1) is 34.1. The lowest BCUT2D eigenvalue weighted by molar-refractivity contribution is -0.134. The maximum atomic E-state index is 17.7. The molecule has 4 saturated heterocycles. The summed E-state index contributed by atoms with van der Waals surface area (Å²) in [6.07, 6.45) is 5.19. The van der Waals surface area contributed by atoms with Crippen molar-refractivity contribution in [2.75, 3.05) is 33.2 Å². The molecule has 1 saturated carbocycles. The number of hydrogen-bond acceptors (Lipinski definition) is 6. The highest BCUT2D eigenvalue weighted by atomic mass is 19.2. The van der Waals surface area contributed by atoms with E-state index >= 15 is 4.39 Å². The molecule has 274 valence electrons. The van der Waals surface area contributed by atoms with Gasteiger partial charge in [-0.25, -0.2) is 18.2 Å². The number of likely N-dealkylation sites (tertiary alicyclic amines) is 2. The van der Waals surface area contributed by atoms with Crippen molar-refractivity contribution in [2.45, 2.75) is 82.5 Å². The van der Waals surface area contributed by atoms with E-state index in [1.165, 1.54) is 0 Å². The van der Waals surface area contributed by atoms with Crippen molar-refractivity contribution in [3.05, 3.63) is 71.2 Å². The molecule has 1 amide bonds. The standard InChI is InChI=1S/C42H43F3N6O2/c1-23(35-10-5-14-49(35)2)53-42-31-20-27(11-12-36(52)50-15-6-16-50)51(40-26-19-34(40)47-22-26)41(31)30-17-25(8-4-13-46)37(38(45)39(30)48-42)28-9-3-7-24-18-32(43)33(44)21-29(24)28/h3,7,9,17-18,20-21,23,26,34-35,40,47H,4-6,8,10-12,14-16,19,22H2,1-2H3/t23-,26+,34+,35-,40-/m0/s1. The molecule has 5 aliphatic rings. The Balaban J connectivity index is 1.30. The number of aryl methyl sites for hydroxylation is 2. The lowest BCUT2D eigenvalue weighted by Crippen LogP contribution is -2.42. The third-order valence-corrected chi connectivity index (χ3v) is 12.4. The first-order chi connectivity index (χ1) is 25.7. The first-order valence-corrected chi connectivity index (χ1v) is 19.0. The predicted molar refractivity (Wildman–Crippen MR) is 198 cm³/mol. The van der Waals surface area contributed by atoms with Gasteiger partial charge in [-0.1, -0.05) is 18.2 Å². The Bertz CT molecular complexity index is 2320. The molecule has 2 bridgehead atoms. The van der Waals surface area contributed by atoms with Crippen LogP contribution in [-0.4, -0.2) is 76.7 Å². The normalized spacial score (nSPS) is 23.1. The Morgan fingerprint density at radius 3 is 2.58 bits per heavy atom. The number of nitriles is 1. The number of ether oxygens (including phenoxy) is 1. The second kappa shape index (κ2) is 13.3. The quantitative estimate of drug-likeness (QED) is 0.162. The van der Waals surface area contributed by atoms with E-state index in [0.29, 0.717) is 51.9 Å². The van der Waals surface area contributed by atoms with Crippen LogP contribution >= 0.6 is 0 Å². The molecule has 6 heterocycles. The van der Waals surface area contributed by atoms with Crippen LogP contribution in [0.15, 0.2) is 42.5 Å². The van der Waals surface area contributed by atoms with Gasteiger partial charge in [-0.3, -0.25) is 9.69 Å². The second-order valence-electron chi connectivity index (χ2n) is 15.5. The number of rotatable bonds is 10. The Morgan fingerprint density at radius 2 is 1.89 bits per heavy atom. The maximum absolute atomic E-state index is 17.7. The van der Waals surface area contributed by atoms with Gasteiger partial charge in [0.05, 0.1) is 23.0 Å². The van der Waals surface area contributed by atoms with Crippen molar-refractivity contribution >= 4 is 38.5 Å². The minimum absolute atomic E-state index is 0.122.